The number of nitrogens with one attached hydrogen (secondary N) is 1. The average molecular weight is 524 g/mol. The summed E-state index contributed by atoms with van der Waals surface area (Å²) >= 11 is 0. The molecule has 0 radical (unpaired) electrons. The first kappa shape index (κ1) is 25.0. The summed E-state index contributed by atoms with van der Waals surface area (Å²) in [6, 6.07) is 15.1. The molecular formula is C26H26FN5O4S. The molecule has 1 N–H and O–H groups in total. The first-order chi connectivity index (χ1) is 17.8. The minimum atomic E-state index is -3.66. The molecule has 2 amide bonds. The molecule has 2 saturated heterocycles. The number of amides is 2. The summed E-state index contributed by atoms with van der Waals surface area (Å²) in [5, 5.41) is 10.4. The van der Waals surface area contributed by atoms with E-state index < -0.39 is 20.9 Å². The van der Waals surface area contributed by atoms with Crippen molar-refractivity contribution in [3.05, 3.63) is 78.2 Å². The van der Waals surface area contributed by atoms with Crippen molar-refractivity contribution in [2.45, 2.75) is 23.0 Å². The zero-order chi connectivity index (χ0) is 26.0. The second kappa shape index (κ2) is 10.3. The van der Waals surface area contributed by atoms with Gasteiger partial charge in [-0.05, 0) is 67.4 Å². The molecule has 0 saturated carbocycles. The van der Waals surface area contributed by atoms with Gasteiger partial charge in [-0.1, -0.05) is 6.07 Å². The first-order valence-corrected chi connectivity index (χ1v) is 13.6. The average Bonchev–Trinajstić information content (AvgIpc) is 2.88. The molecule has 0 spiro atoms. The third kappa shape index (κ3) is 5.09. The standard InChI is InChI=1S/C26H26FN5O4S/c27-20-4-1-3-18(15-20)25(33)31-13-10-23(11-14-31)37(35,36)22-8-6-21(7-9-22)32(24-5-2-12-29-30-24)26(34)19-16-28-17-19/h1-9,12,15,19,23,28H,10-11,13-14,16-17H2. The third-order valence-corrected chi connectivity index (χ3v) is 9.08. The molecule has 9 nitrogen and oxygen atoms in total. The summed E-state index contributed by atoms with van der Waals surface area (Å²) in [5.74, 6) is -0.757. The normalized spacial score (nSPS) is 16.7. The summed E-state index contributed by atoms with van der Waals surface area (Å²) < 4.78 is 40.2. The highest BCUT2D eigenvalue weighted by molar-refractivity contribution is 7.92. The number of carbonyl (C=O) groups excluding carboxylic acids is 2. The van der Waals surface area contributed by atoms with Gasteiger partial charge >= 0.3 is 0 Å². The fourth-order valence-corrected chi connectivity index (χ4v) is 6.31. The van der Waals surface area contributed by atoms with E-state index in [9.17, 15) is 22.4 Å². The van der Waals surface area contributed by atoms with Crippen LogP contribution < -0.4 is 10.2 Å². The molecular weight excluding hydrogens is 497 g/mol. The largest absolute Gasteiger partial charge is 0.339 e. The van der Waals surface area contributed by atoms with Crippen LogP contribution in [0.4, 0.5) is 15.9 Å². The fourth-order valence-electron chi connectivity index (χ4n) is 4.58. The highest BCUT2D eigenvalue weighted by Crippen LogP contribution is 2.30. The van der Waals surface area contributed by atoms with E-state index in [1.54, 1.807) is 35.2 Å². The van der Waals surface area contributed by atoms with E-state index in [-0.39, 0.29) is 54.1 Å². The van der Waals surface area contributed by atoms with E-state index in [1.807, 2.05) is 0 Å². The van der Waals surface area contributed by atoms with Crippen LogP contribution in [-0.2, 0) is 14.6 Å². The van der Waals surface area contributed by atoms with E-state index >= 15 is 0 Å². The van der Waals surface area contributed by atoms with Gasteiger partial charge in [-0.15, -0.1) is 5.10 Å². The topological polar surface area (TPSA) is 113 Å². The van der Waals surface area contributed by atoms with Gasteiger partial charge in [0.05, 0.1) is 21.8 Å². The smallest absolute Gasteiger partial charge is 0.253 e. The second-order valence-corrected chi connectivity index (χ2v) is 11.4. The number of aromatic nitrogens is 2. The lowest BCUT2D eigenvalue weighted by Gasteiger charge is -2.32. The molecule has 0 unspecified atom stereocenters. The van der Waals surface area contributed by atoms with Gasteiger partial charge < -0.3 is 10.2 Å². The van der Waals surface area contributed by atoms with Crippen LogP contribution in [-0.4, -0.2) is 66.8 Å². The van der Waals surface area contributed by atoms with E-state index in [0.29, 0.717) is 24.6 Å². The summed E-state index contributed by atoms with van der Waals surface area (Å²) in [6.07, 6.45) is 2.08. The maximum Gasteiger partial charge on any atom is 0.253 e. The minimum Gasteiger partial charge on any atom is -0.339 e. The number of carbonyl (C=O) groups is 2. The van der Waals surface area contributed by atoms with Gasteiger partial charge in [-0.2, -0.15) is 5.10 Å². The van der Waals surface area contributed by atoms with E-state index in [2.05, 4.69) is 15.5 Å². The van der Waals surface area contributed by atoms with Gasteiger partial charge in [-0.3, -0.25) is 14.5 Å². The number of halogens is 1. The maximum atomic E-state index is 13.5. The monoisotopic (exact) mass is 523 g/mol. The Morgan fingerprint density at radius 1 is 1.00 bits per heavy atom. The van der Waals surface area contributed by atoms with Gasteiger partial charge in [0.15, 0.2) is 15.7 Å². The van der Waals surface area contributed by atoms with Gasteiger partial charge in [-0.25, -0.2) is 12.8 Å². The zero-order valence-electron chi connectivity index (χ0n) is 20.0. The number of likely N-dealkylation sites (tertiary alicyclic amines) is 1. The van der Waals surface area contributed by atoms with Crippen molar-refractivity contribution in [1.29, 1.82) is 0 Å². The molecule has 11 heteroatoms. The Morgan fingerprint density at radius 2 is 1.73 bits per heavy atom. The molecule has 2 aromatic carbocycles. The summed E-state index contributed by atoms with van der Waals surface area (Å²) in [5.41, 5.74) is 0.753. The molecule has 1 aromatic heterocycles. The van der Waals surface area contributed by atoms with Gasteiger partial charge in [0.25, 0.3) is 5.91 Å². The minimum absolute atomic E-state index is 0.134. The Hall–Kier alpha value is -3.70. The van der Waals surface area contributed by atoms with Crippen LogP contribution in [0.15, 0.2) is 71.8 Å². The van der Waals surface area contributed by atoms with Crippen molar-refractivity contribution in [2.75, 3.05) is 31.1 Å². The third-order valence-electron chi connectivity index (χ3n) is 6.80. The lowest BCUT2D eigenvalue weighted by atomic mass is 10.0. The number of sulfone groups is 1. The molecule has 2 aliphatic heterocycles. The molecule has 2 fully saturated rings. The number of benzene rings is 2. The van der Waals surface area contributed by atoms with Crippen molar-refractivity contribution >= 4 is 33.2 Å². The Bertz CT molecular complexity index is 1390. The van der Waals surface area contributed by atoms with Crippen LogP contribution in [0.25, 0.3) is 0 Å². The summed E-state index contributed by atoms with van der Waals surface area (Å²) in [4.78, 5) is 29.0. The molecule has 0 bridgehead atoms. The van der Waals surface area contributed by atoms with E-state index in [4.69, 9.17) is 0 Å². The highest BCUT2D eigenvalue weighted by Gasteiger charge is 2.34. The lowest BCUT2D eigenvalue weighted by molar-refractivity contribution is -0.123. The van der Waals surface area contributed by atoms with Crippen LogP contribution >= 0.6 is 0 Å². The van der Waals surface area contributed by atoms with E-state index in [0.717, 1.165) is 0 Å². The Morgan fingerprint density at radius 3 is 2.32 bits per heavy atom. The fraction of sp³-hybridized carbons (Fsp3) is 0.308. The SMILES string of the molecule is O=C(c1cccc(F)c1)N1CCC(S(=O)(=O)c2ccc(N(C(=O)C3CNC3)c3cccnn3)cc2)CC1. The summed E-state index contributed by atoms with van der Waals surface area (Å²) in [6.45, 7) is 1.67. The van der Waals surface area contributed by atoms with Crippen LogP contribution in [0.5, 0.6) is 0 Å². The van der Waals surface area contributed by atoms with Gasteiger partial charge in [0.2, 0.25) is 5.91 Å². The number of rotatable bonds is 6. The Labute approximate surface area is 214 Å². The Kier molecular flexibility index (Phi) is 6.98. The van der Waals surface area contributed by atoms with Crippen molar-refractivity contribution < 1.29 is 22.4 Å². The number of nitrogens with zero attached hydrogens (tertiary/aromatic N) is 4. The van der Waals surface area contributed by atoms with Crippen LogP contribution in [0.3, 0.4) is 0 Å². The first-order valence-electron chi connectivity index (χ1n) is 12.1. The van der Waals surface area contributed by atoms with Gasteiger partial charge in [0, 0.05) is 37.9 Å². The lowest BCUT2D eigenvalue weighted by Crippen LogP contribution is -2.51. The maximum absolute atomic E-state index is 13.5. The predicted octanol–water partition coefficient (Wildman–Crippen LogP) is 2.58. The molecule has 192 valence electrons. The Balaban J connectivity index is 1.30. The second-order valence-electron chi connectivity index (χ2n) is 9.15. The predicted molar refractivity (Wildman–Crippen MR) is 134 cm³/mol. The zero-order valence-corrected chi connectivity index (χ0v) is 20.8. The molecule has 3 heterocycles. The number of hydrogen-bond donors (Lipinski definition) is 1. The van der Waals surface area contributed by atoms with Crippen molar-refractivity contribution in [3.8, 4) is 0 Å². The summed E-state index contributed by atoms with van der Waals surface area (Å²) in [7, 11) is -3.66. The molecule has 3 aromatic rings. The molecule has 2 aliphatic rings. The molecule has 37 heavy (non-hydrogen) atoms. The number of anilines is 2. The molecule has 0 atom stereocenters. The number of hydrogen-bond acceptors (Lipinski definition) is 7. The van der Waals surface area contributed by atoms with Crippen molar-refractivity contribution in [1.82, 2.24) is 20.4 Å². The highest BCUT2D eigenvalue weighted by atomic mass is 32.2. The van der Waals surface area contributed by atoms with Crippen LogP contribution in [0.1, 0.15) is 23.2 Å². The quantitative estimate of drug-likeness (QED) is 0.529. The van der Waals surface area contributed by atoms with Crippen molar-refractivity contribution in [2.24, 2.45) is 5.92 Å². The van der Waals surface area contributed by atoms with Gasteiger partial charge in [0.1, 0.15) is 5.82 Å². The number of piperidine rings is 1. The molecule has 0 aliphatic carbocycles. The van der Waals surface area contributed by atoms with Crippen LogP contribution in [0, 0.1) is 11.7 Å². The van der Waals surface area contributed by atoms with Crippen molar-refractivity contribution in [3.63, 3.8) is 0 Å². The molecule has 5 rings (SSSR count). The van der Waals surface area contributed by atoms with E-state index in [1.165, 1.54) is 41.4 Å². The van der Waals surface area contributed by atoms with Crippen LogP contribution in [0.2, 0.25) is 0 Å².